The number of piperazine rings is 1. The average molecular weight is 396 g/mol. The number of aromatic nitrogens is 4. The molecule has 4 heterocycles. The molecule has 154 valence electrons. The number of ether oxygens (including phenoxy) is 1. The minimum absolute atomic E-state index is 0.0837. The van der Waals surface area contributed by atoms with Crippen molar-refractivity contribution in [1.29, 1.82) is 0 Å². The van der Waals surface area contributed by atoms with E-state index in [2.05, 4.69) is 19.9 Å². The highest BCUT2D eigenvalue weighted by Crippen LogP contribution is 2.35. The van der Waals surface area contributed by atoms with Gasteiger partial charge in [0.1, 0.15) is 18.3 Å². The number of β-amino-alcohol motifs (C(OH)–C–C–N with tert-alkyl or cyclic N) is 1. The van der Waals surface area contributed by atoms with Gasteiger partial charge in [-0.05, 0) is 0 Å². The van der Waals surface area contributed by atoms with Crippen LogP contribution < -0.4 is 10.5 Å². The highest BCUT2D eigenvalue weighted by atomic mass is 16.6. The number of aliphatic hydroxyl groups excluding tert-OH is 4. The van der Waals surface area contributed by atoms with E-state index in [0.29, 0.717) is 38.7 Å². The maximum Gasteiger partial charge on any atom is 0.278 e. The third kappa shape index (κ3) is 3.17. The molecule has 2 aromatic heterocycles. The Balaban J connectivity index is 1.74. The van der Waals surface area contributed by atoms with Crippen molar-refractivity contribution >= 4 is 17.1 Å². The standard InChI is InChI=1S/C16H24N6O6/c23-6-5-20-1-3-21(4-2-20)16-19-10-13(17-8-18-14(10)27)22(16)15-12(26)11(25)9(7-24)28-15/h8-9,11-12,15,23-26H,1-7H2,(H,17,18,27)/t9-,11-,12-,15-/m0/s1. The van der Waals surface area contributed by atoms with Crippen LogP contribution >= 0.6 is 0 Å². The first-order chi connectivity index (χ1) is 13.5. The summed E-state index contributed by atoms with van der Waals surface area (Å²) in [4.78, 5) is 27.4. The number of H-pyrrole nitrogens is 1. The number of rotatable bonds is 5. The molecule has 4 atom stereocenters. The van der Waals surface area contributed by atoms with E-state index in [4.69, 9.17) is 9.84 Å². The number of anilines is 1. The molecule has 5 N–H and O–H groups in total. The Morgan fingerprint density at radius 1 is 1.18 bits per heavy atom. The molecule has 2 aromatic rings. The van der Waals surface area contributed by atoms with Gasteiger partial charge < -0.3 is 35.0 Å². The van der Waals surface area contributed by atoms with E-state index in [1.165, 1.54) is 10.9 Å². The van der Waals surface area contributed by atoms with E-state index in [1.54, 1.807) is 0 Å². The highest BCUT2D eigenvalue weighted by molar-refractivity contribution is 5.74. The first kappa shape index (κ1) is 19.2. The summed E-state index contributed by atoms with van der Waals surface area (Å²) in [5.74, 6) is 0.401. The summed E-state index contributed by atoms with van der Waals surface area (Å²) in [7, 11) is 0. The van der Waals surface area contributed by atoms with E-state index in [9.17, 15) is 20.1 Å². The maximum absolute atomic E-state index is 12.2. The van der Waals surface area contributed by atoms with Crippen molar-refractivity contribution < 1.29 is 25.2 Å². The number of imidazole rings is 1. The van der Waals surface area contributed by atoms with Gasteiger partial charge >= 0.3 is 0 Å². The zero-order chi connectivity index (χ0) is 19.8. The second kappa shape index (κ2) is 7.73. The Morgan fingerprint density at radius 2 is 1.93 bits per heavy atom. The maximum atomic E-state index is 12.2. The second-order valence-electron chi connectivity index (χ2n) is 6.97. The predicted molar refractivity (Wildman–Crippen MR) is 96.9 cm³/mol. The molecule has 2 saturated heterocycles. The van der Waals surface area contributed by atoms with Crippen molar-refractivity contribution in [2.45, 2.75) is 24.5 Å². The third-order valence-corrected chi connectivity index (χ3v) is 5.31. The fraction of sp³-hybridized carbons (Fsp3) is 0.688. The van der Waals surface area contributed by atoms with Crippen LogP contribution in [0.3, 0.4) is 0 Å². The van der Waals surface area contributed by atoms with E-state index >= 15 is 0 Å². The van der Waals surface area contributed by atoms with Crippen molar-refractivity contribution in [1.82, 2.24) is 24.4 Å². The molecule has 0 bridgehead atoms. The van der Waals surface area contributed by atoms with Crippen LogP contribution in [-0.2, 0) is 4.74 Å². The second-order valence-corrected chi connectivity index (χ2v) is 6.97. The molecule has 28 heavy (non-hydrogen) atoms. The van der Waals surface area contributed by atoms with Gasteiger partial charge in [0.15, 0.2) is 17.4 Å². The molecular formula is C16H24N6O6. The van der Waals surface area contributed by atoms with Crippen LogP contribution in [0.2, 0.25) is 0 Å². The molecule has 0 aliphatic carbocycles. The van der Waals surface area contributed by atoms with Gasteiger partial charge in [0.25, 0.3) is 5.56 Å². The fourth-order valence-electron chi connectivity index (χ4n) is 3.77. The molecule has 12 heteroatoms. The monoisotopic (exact) mass is 396 g/mol. The zero-order valence-electron chi connectivity index (χ0n) is 15.2. The summed E-state index contributed by atoms with van der Waals surface area (Å²) in [6.07, 6.45) is -3.34. The molecule has 0 saturated carbocycles. The first-order valence-corrected chi connectivity index (χ1v) is 9.21. The van der Waals surface area contributed by atoms with Crippen LogP contribution in [0.5, 0.6) is 0 Å². The molecule has 4 rings (SSSR count). The van der Waals surface area contributed by atoms with Gasteiger partial charge in [-0.25, -0.2) is 9.97 Å². The SMILES string of the molecule is O=c1[nH]cnc2c1nc(N1CCN(CCO)CC1)n2[C@H]1O[C@@H](CO)[C@H](O)[C@@H]1O. The number of hydrogen-bond donors (Lipinski definition) is 5. The summed E-state index contributed by atoms with van der Waals surface area (Å²) in [6, 6.07) is 0. The summed E-state index contributed by atoms with van der Waals surface area (Å²) < 4.78 is 7.18. The number of nitrogens with zero attached hydrogens (tertiary/aromatic N) is 5. The lowest BCUT2D eigenvalue weighted by Gasteiger charge is -2.35. The molecular weight excluding hydrogens is 372 g/mol. The van der Waals surface area contributed by atoms with Gasteiger partial charge in [0.05, 0.1) is 19.5 Å². The van der Waals surface area contributed by atoms with E-state index in [0.717, 1.165) is 0 Å². The van der Waals surface area contributed by atoms with E-state index in [1.807, 2.05) is 4.90 Å². The molecule has 2 aliphatic heterocycles. The van der Waals surface area contributed by atoms with Gasteiger partial charge in [-0.15, -0.1) is 0 Å². The number of aliphatic hydroxyl groups is 4. The Hall–Kier alpha value is -2.09. The van der Waals surface area contributed by atoms with Crippen LogP contribution in [0.1, 0.15) is 6.23 Å². The molecule has 0 amide bonds. The first-order valence-electron chi connectivity index (χ1n) is 9.21. The third-order valence-electron chi connectivity index (χ3n) is 5.31. The number of nitrogens with one attached hydrogen (secondary N) is 1. The molecule has 12 nitrogen and oxygen atoms in total. The van der Waals surface area contributed by atoms with Crippen LogP contribution in [0.25, 0.3) is 11.2 Å². The summed E-state index contributed by atoms with van der Waals surface area (Å²) in [6.45, 7) is 2.80. The lowest BCUT2D eigenvalue weighted by molar-refractivity contribution is -0.0505. The largest absolute Gasteiger partial charge is 0.395 e. The number of hydrogen-bond acceptors (Lipinski definition) is 10. The van der Waals surface area contributed by atoms with Gasteiger partial charge in [0, 0.05) is 32.7 Å². The average Bonchev–Trinajstić information content (AvgIpc) is 3.22. The minimum atomic E-state index is -1.31. The molecule has 0 aromatic carbocycles. The smallest absolute Gasteiger partial charge is 0.278 e. The van der Waals surface area contributed by atoms with Crippen molar-refractivity contribution in [2.75, 3.05) is 50.8 Å². The van der Waals surface area contributed by atoms with Crippen LogP contribution in [0.15, 0.2) is 11.1 Å². The number of aromatic amines is 1. The topological polar surface area (TPSA) is 160 Å². The molecule has 2 fully saturated rings. The predicted octanol–water partition coefficient (Wildman–Crippen LogP) is -3.15. The summed E-state index contributed by atoms with van der Waals surface area (Å²) in [5.41, 5.74) is -0.0879. The molecule has 0 radical (unpaired) electrons. The highest BCUT2D eigenvalue weighted by Gasteiger charge is 2.45. The Labute approximate surface area is 159 Å². The zero-order valence-corrected chi connectivity index (χ0v) is 15.2. The lowest BCUT2D eigenvalue weighted by Crippen LogP contribution is -2.48. The normalized spacial score (nSPS) is 29.1. The minimum Gasteiger partial charge on any atom is -0.395 e. The Morgan fingerprint density at radius 3 is 2.57 bits per heavy atom. The van der Waals surface area contributed by atoms with Gasteiger partial charge in [-0.3, -0.25) is 14.3 Å². The van der Waals surface area contributed by atoms with Crippen molar-refractivity contribution in [2.24, 2.45) is 0 Å². The fourth-order valence-corrected chi connectivity index (χ4v) is 3.77. The number of fused-ring (bicyclic) bond motifs is 1. The lowest BCUT2D eigenvalue weighted by atomic mass is 10.1. The summed E-state index contributed by atoms with van der Waals surface area (Å²) in [5, 5.41) is 39.1. The van der Waals surface area contributed by atoms with Crippen LogP contribution in [0.4, 0.5) is 5.95 Å². The Bertz CT molecular complexity index is 878. The van der Waals surface area contributed by atoms with Crippen molar-refractivity contribution in [3.05, 3.63) is 16.7 Å². The van der Waals surface area contributed by atoms with Crippen molar-refractivity contribution in [3.8, 4) is 0 Å². The van der Waals surface area contributed by atoms with E-state index in [-0.39, 0.29) is 17.8 Å². The van der Waals surface area contributed by atoms with Gasteiger partial charge in [-0.2, -0.15) is 0 Å². The molecule has 2 aliphatic rings. The summed E-state index contributed by atoms with van der Waals surface area (Å²) >= 11 is 0. The van der Waals surface area contributed by atoms with Gasteiger partial charge in [0.2, 0.25) is 5.95 Å². The molecule has 0 spiro atoms. The Kier molecular flexibility index (Phi) is 5.31. The van der Waals surface area contributed by atoms with Crippen LogP contribution in [0, 0.1) is 0 Å². The van der Waals surface area contributed by atoms with Gasteiger partial charge in [-0.1, -0.05) is 0 Å². The van der Waals surface area contributed by atoms with E-state index < -0.39 is 36.7 Å². The van der Waals surface area contributed by atoms with Crippen LogP contribution in [-0.4, -0.2) is 109 Å². The quantitative estimate of drug-likeness (QED) is 0.349. The van der Waals surface area contributed by atoms with Crippen molar-refractivity contribution in [3.63, 3.8) is 0 Å². The molecule has 0 unspecified atom stereocenters.